The Bertz CT molecular complexity index is 2630. The average Bonchev–Trinajstić information content (AvgIpc) is 4.11. The number of nitrogens with zero attached hydrogens (tertiary/aromatic N) is 6. The van der Waals surface area contributed by atoms with Crippen molar-refractivity contribution in [3.63, 3.8) is 0 Å². The molecular formula is C56H56N6O6. The van der Waals surface area contributed by atoms with Crippen molar-refractivity contribution in [3.05, 3.63) is 157 Å². The Balaban J connectivity index is 0.673. The lowest BCUT2D eigenvalue weighted by Crippen LogP contribution is -1.99. The molecule has 0 unspecified atom stereocenters. The van der Waals surface area contributed by atoms with Crippen LogP contribution in [0.4, 0.5) is 11.4 Å². The Labute approximate surface area is 397 Å². The molecule has 8 aromatic rings. The topological polar surface area (TPSA) is 139 Å². The Kier molecular flexibility index (Phi) is 16.9. The van der Waals surface area contributed by atoms with Gasteiger partial charge in [-0.25, -0.2) is 0 Å². The van der Waals surface area contributed by atoms with Gasteiger partial charge in [0.25, 0.3) is 0 Å². The molecule has 2 heterocycles. The second-order valence-corrected chi connectivity index (χ2v) is 16.2. The summed E-state index contributed by atoms with van der Waals surface area (Å²) in [6.07, 6.45) is 15.4. The van der Waals surface area contributed by atoms with Gasteiger partial charge in [0.1, 0.15) is 23.0 Å². The van der Waals surface area contributed by atoms with E-state index in [4.69, 9.17) is 27.8 Å². The van der Waals surface area contributed by atoms with E-state index in [1.165, 1.54) is 38.5 Å². The summed E-state index contributed by atoms with van der Waals surface area (Å²) >= 11 is 0. The van der Waals surface area contributed by atoms with Gasteiger partial charge in [-0.2, -0.15) is 0 Å². The first-order chi connectivity index (χ1) is 33.6. The average molecular weight is 909 g/mol. The van der Waals surface area contributed by atoms with Crippen LogP contribution in [0.15, 0.2) is 164 Å². The summed E-state index contributed by atoms with van der Waals surface area (Å²) in [5, 5.41) is 16.8. The second kappa shape index (κ2) is 24.6. The molecule has 0 aliphatic carbocycles. The molecule has 0 saturated carbocycles. The summed E-state index contributed by atoms with van der Waals surface area (Å²) < 4.78 is 35.2. The fraction of sp³-hybridized carbons (Fsp3) is 0.250. The molecule has 12 nitrogen and oxygen atoms in total. The van der Waals surface area contributed by atoms with Crippen molar-refractivity contribution < 1.29 is 27.8 Å². The normalized spacial score (nSPS) is 11.4. The van der Waals surface area contributed by atoms with Crippen LogP contribution >= 0.6 is 0 Å². The molecule has 0 N–H and O–H groups in total. The predicted octanol–water partition coefficient (Wildman–Crippen LogP) is 14.0. The molecule has 0 atom stereocenters. The minimum Gasteiger partial charge on any atom is -0.496 e. The quantitative estimate of drug-likeness (QED) is 0.0402. The van der Waals surface area contributed by atoms with Gasteiger partial charge in [-0.05, 0) is 122 Å². The summed E-state index contributed by atoms with van der Waals surface area (Å²) in [7, 11) is 3.32. The van der Waals surface area contributed by atoms with E-state index in [0.717, 1.165) is 93.4 Å². The molecule has 346 valence electrons. The number of unbranched alkanes of at least 4 members (excludes halogenated alkanes) is 9. The number of rotatable bonds is 25. The summed E-state index contributed by atoms with van der Waals surface area (Å²) in [6.45, 7) is 1.35. The molecule has 0 bridgehead atoms. The largest absolute Gasteiger partial charge is 0.496 e. The van der Waals surface area contributed by atoms with Crippen LogP contribution in [0, 0.1) is 0 Å². The number of benzene rings is 6. The maximum atomic E-state index is 6.12. The Morgan fingerprint density at radius 3 is 1.09 bits per heavy atom. The molecule has 6 aromatic carbocycles. The fourth-order valence-corrected chi connectivity index (χ4v) is 7.55. The van der Waals surface area contributed by atoms with Gasteiger partial charge in [0, 0.05) is 45.8 Å². The molecule has 0 saturated heterocycles. The zero-order valence-corrected chi connectivity index (χ0v) is 38.6. The number of aliphatic imine (C=N–C) groups is 2. The van der Waals surface area contributed by atoms with Crippen molar-refractivity contribution in [2.75, 3.05) is 27.4 Å². The van der Waals surface area contributed by atoms with E-state index in [1.54, 1.807) is 26.6 Å². The van der Waals surface area contributed by atoms with Crippen molar-refractivity contribution in [3.8, 4) is 68.8 Å². The third-order valence-electron chi connectivity index (χ3n) is 11.3. The second-order valence-electron chi connectivity index (χ2n) is 16.2. The van der Waals surface area contributed by atoms with Crippen LogP contribution in [0.2, 0.25) is 0 Å². The van der Waals surface area contributed by atoms with E-state index in [-0.39, 0.29) is 0 Å². The van der Waals surface area contributed by atoms with Crippen LogP contribution in [0.3, 0.4) is 0 Å². The van der Waals surface area contributed by atoms with Crippen molar-refractivity contribution in [2.24, 2.45) is 9.98 Å². The van der Waals surface area contributed by atoms with Gasteiger partial charge in [-0.15, -0.1) is 20.4 Å². The third kappa shape index (κ3) is 13.4. The van der Waals surface area contributed by atoms with E-state index >= 15 is 0 Å². The number of ether oxygens (including phenoxy) is 4. The molecular weight excluding hydrogens is 853 g/mol. The monoisotopic (exact) mass is 908 g/mol. The van der Waals surface area contributed by atoms with Gasteiger partial charge in [-0.1, -0.05) is 87.8 Å². The van der Waals surface area contributed by atoms with Crippen molar-refractivity contribution in [1.82, 2.24) is 20.4 Å². The van der Waals surface area contributed by atoms with Crippen LogP contribution in [0.1, 0.15) is 75.3 Å². The fourth-order valence-electron chi connectivity index (χ4n) is 7.55. The highest BCUT2D eigenvalue weighted by Crippen LogP contribution is 2.29. The minimum absolute atomic E-state index is 0.461. The lowest BCUT2D eigenvalue weighted by atomic mass is 10.1. The standard InChI is InChI=1S/C56H56N6O6/c1-63-51-33-31-49(37-45(51)39-57-47-27-23-43(24-28-47)55-61-59-53(67-55)41-19-13-11-14-20-41)65-35-17-9-7-5-3-4-6-8-10-18-36-66-50-32-34-52(64-2)46(38-50)40-58-48-29-25-44(26-30-48)56-62-60-54(68-56)42-21-15-12-16-22-42/h11-16,19-34,37-40H,3-10,17-18,35-36H2,1-2H3. The highest BCUT2D eigenvalue weighted by Gasteiger charge is 2.12. The molecule has 0 radical (unpaired) electrons. The number of hydrogen-bond donors (Lipinski definition) is 0. The molecule has 12 heteroatoms. The maximum absolute atomic E-state index is 6.12. The van der Waals surface area contributed by atoms with E-state index in [1.807, 2.05) is 146 Å². The summed E-state index contributed by atoms with van der Waals surface area (Å²) in [5.41, 5.74) is 6.69. The first kappa shape index (κ1) is 46.7. The molecule has 0 fully saturated rings. The third-order valence-corrected chi connectivity index (χ3v) is 11.3. The molecule has 0 aliphatic heterocycles. The van der Waals surface area contributed by atoms with Gasteiger partial charge in [0.2, 0.25) is 23.6 Å². The van der Waals surface area contributed by atoms with Crippen LogP contribution in [-0.2, 0) is 0 Å². The summed E-state index contributed by atoms with van der Waals surface area (Å²) in [6, 6.07) is 46.5. The van der Waals surface area contributed by atoms with Crippen LogP contribution in [0.5, 0.6) is 23.0 Å². The Morgan fingerprint density at radius 2 is 0.735 bits per heavy atom. The van der Waals surface area contributed by atoms with Gasteiger partial charge >= 0.3 is 0 Å². The lowest BCUT2D eigenvalue weighted by molar-refractivity contribution is 0.302. The molecule has 68 heavy (non-hydrogen) atoms. The highest BCUT2D eigenvalue weighted by atomic mass is 16.5. The molecule has 2 aromatic heterocycles. The first-order valence-corrected chi connectivity index (χ1v) is 23.3. The molecule has 0 spiro atoms. The zero-order chi connectivity index (χ0) is 46.6. The van der Waals surface area contributed by atoms with Crippen molar-refractivity contribution in [2.45, 2.75) is 64.2 Å². The first-order valence-electron chi connectivity index (χ1n) is 23.3. The summed E-state index contributed by atoms with van der Waals surface area (Å²) in [5.74, 6) is 4.97. The molecule has 0 aliphatic rings. The Hall–Kier alpha value is -7.86. The predicted molar refractivity (Wildman–Crippen MR) is 268 cm³/mol. The maximum Gasteiger partial charge on any atom is 0.248 e. The lowest BCUT2D eigenvalue weighted by Gasteiger charge is -2.10. The summed E-state index contributed by atoms with van der Waals surface area (Å²) in [4.78, 5) is 9.37. The van der Waals surface area contributed by atoms with Crippen LogP contribution in [-0.4, -0.2) is 60.3 Å². The van der Waals surface area contributed by atoms with E-state index in [9.17, 15) is 0 Å². The van der Waals surface area contributed by atoms with Gasteiger partial charge in [0.05, 0.1) is 38.8 Å². The van der Waals surface area contributed by atoms with Gasteiger partial charge in [-0.3, -0.25) is 9.98 Å². The Morgan fingerprint density at radius 1 is 0.397 bits per heavy atom. The number of hydrogen-bond acceptors (Lipinski definition) is 12. The van der Waals surface area contributed by atoms with Crippen molar-refractivity contribution >= 4 is 23.8 Å². The number of methoxy groups -OCH3 is 2. The van der Waals surface area contributed by atoms with E-state index in [0.29, 0.717) is 36.8 Å². The molecule has 0 amide bonds. The van der Waals surface area contributed by atoms with Crippen LogP contribution < -0.4 is 18.9 Å². The highest BCUT2D eigenvalue weighted by molar-refractivity contribution is 5.87. The van der Waals surface area contributed by atoms with E-state index in [2.05, 4.69) is 30.4 Å². The zero-order valence-electron chi connectivity index (χ0n) is 38.6. The SMILES string of the molecule is COc1ccc(OCCCCCCCCCCCCOc2ccc(OC)c(C=Nc3ccc(-c4nnc(-c5ccccc5)o4)cc3)c2)cc1C=Nc1ccc(-c2nnc(-c3ccccc3)o2)cc1. The smallest absolute Gasteiger partial charge is 0.248 e. The number of aromatic nitrogens is 4. The van der Waals surface area contributed by atoms with Crippen molar-refractivity contribution in [1.29, 1.82) is 0 Å². The minimum atomic E-state index is 0.461. The molecule has 8 rings (SSSR count). The van der Waals surface area contributed by atoms with Gasteiger partial charge in [0.15, 0.2) is 0 Å². The van der Waals surface area contributed by atoms with Gasteiger partial charge < -0.3 is 27.8 Å². The van der Waals surface area contributed by atoms with Crippen LogP contribution in [0.25, 0.3) is 45.8 Å². The van der Waals surface area contributed by atoms with E-state index < -0.39 is 0 Å².